The molecule has 0 saturated heterocycles. The number of nitrogens with zero attached hydrogens (tertiary/aromatic N) is 3. The Hall–Kier alpha value is -1.47. The molecule has 0 bridgehead atoms. The summed E-state index contributed by atoms with van der Waals surface area (Å²) in [5.41, 5.74) is 6.15. The molecule has 0 atom stereocenters. The minimum atomic E-state index is -0.345. The van der Waals surface area contributed by atoms with Crippen molar-refractivity contribution in [3.8, 4) is 0 Å². The molecule has 1 fully saturated rings. The second-order valence-corrected chi connectivity index (χ2v) is 6.54. The predicted octanol–water partition coefficient (Wildman–Crippen LogP) is 1.35. The number of rotatable bonds is 7. The first kappa shape index (κ1) is 15.9. The van der Waals surface area contributed by atoms with Crippen LogP contribution in [0.4, 0.5) is 5.13 Å². The number of thiazole rings is 1. The Kier molecular flexibility index (Phi) is 4.95. The standard InChI is InChI=1S/C14H22N4O2S/c1-9(2)17(7-13(15)20)6-11-8-21-14(16-11)18(10(3)19)12-4-5-12/h8-9,12H,4-7H2,1-3H3,(H2,15,20). The van der Waals surface area contributed by atoms with Crippen LogP contribution in [-0.2, 0) is 16.1 Å². The van der Waals surface area contributed by atoms with Crippen molar-refractivity contribution in [2.24, 2.45) is 5.73 Å². The van der Waals surface area contributed by atoms with E-state index in [0.717, 1.165) is 23.7 Å². The highest BCUT2D eigenvalue weighted by Gasteiger charge is 2.33. The number of anilines is 1. The Morgan fingerprint density at radius 2 is 2.14 bits per heavy atom. The maximum Gasteiger partial charge on any atom is 0.231 e. The van der Waals surface area contributed by atoms with Crippen LogP contribution < -0.4 is 10.6 Å². The minimum Gasteiger partial charge on any atom is -0.369 e. The first-order valence-electron chi connectivity index (χ1n) is 7.15. The molecule has 2 N–H and O–H groups in total. The summed E-state index contributed by atoms with van der Waals surface area (Å²) in [6.45, 7) is 6.38. The van der Waals surface area contributed by atoms with E-state index < -0.39 is 0 Å². The number of hydrogen-bond donors (Lipinski definition) is 1. The Morgan fingerprint density at radius 1 is 1.48 bits per heavy atom. The summed E-state index contributed by atoms with van der Waals surface area (Å²) in [5.74, 6) is -0.307. The zero-order valence-electron chi connectivity index (χ0n) is 12.7. The molecule has 0 aromatic carbocycles. The number of nitrogens with two attached hydrogens (primary N) is 1. The van der Waals surface area contributed by atoms with Gasteiger partial charge in [-0.2, -0.15) is 0 Å². The summed E-state index contributed by atoms with van der Waals surface area (Å²) in [6, 6.07) is 0.517. The summed E-state index contributed by atoms with van der Waals surface area (Å²) in [4.78, 5) is 31.1. The van der Waals surface area contributed by atoms with Crippen molar-refractivity contribution >= 4 is 28.3 Å². The van der Waals surface area contributed by atoms with Gasteiger partial charge in [0.2, 0.25) is 11.8 Å². The zero-order chi connectivity index (χ0) is 15.6. The Bertz CT molecular complexity index is 525. The lowest BCUT2D eigenvalue weighted by Gasteiger charge is -2.23. The maximum atomic E-state index is 11.7. The molecule has 6 nitrogen and oxygen atoms in total. The Labute approximate surface area is 128 Å². The molecule has 2 rings (SSSR count). The molecule has 1 aromatic rings. The minimum absolute atomic E-state index is 0.0382. The van der Waals surface area contributed by atoms with Gasteiger partial charge in [0.25, 0.3) is 0 Å². The van der Waals surface area contributed by atoms with Crippen molar-refractivity contribution in [1.29, 1.82) is 0 Å². The molecule has 0 unspecified atom stereocenters. The van der Waals surface area contributed by atoms with Gasteiger partial charge in [-0.25, -0.2) is 4.98 Å². The van der Waals surface area contributed by atoms with E-state index in [1.54, 1.807) is 11.8 Å². The molecular weight excluding hydrogens is 288 g/mol. The molecule has 2 amide bonds. The molecule has 0 radical (unpaired) electrons. The molecule has 0 spiro atoms. The largest absolute Gasteiger partial charge is 0.369 e. The van der Waals surface area contributed by atoms with Gasteiger partial charge < -0.3 is 5.73 Å². The van der Waals surface area contributed by atoms with Crippen molar-refractivity contribution < 1.29 is 9.59 Å². The second kappa shape index (κ2) is 6.53. The SMILES string of the molecule is CC(=O)N(c1nc(CN(CC(N)=O)C(C)C)cs1)C1CC1. The molecule has 1 aromatic heterocycles. The summed E-state index contributed by atoms with van der Waals surface area (Å²) < 4.78 is 0. The van der Waals surface area contributed by atoms with Crippen LogP contribution >= 0.6 is 11.3 Å². The van der Waals surface area contributed by atoms with Gasteiger partial charge in [0.1, 0.15) is 0 Å². The molecule has 1 saturated carbocycles. The topological polar surface area (TPSA) is 79.5 Å². The summed E-state index contributed by atoms with van der Waals surface area (Å²) in [7, 11) is 0. The van der Waals surface area contributed by atoms with Crippen LogP contribution in [0, 0.1) is 0 Å². The lowest BCUT2D eigenvalue weighted by molar-refractivity contribution is -0.119. The van der Waals surface area contributed by atoms with Crippen LogP contribution in [0.15, 0.2) is 5.38 Å². The number of carbonyl (C=O) groups excluding carboxylic acids is 2. The van der Waals surface area contributed by atoms with Crippen LogP contribution in [0.3, 0.4) is 0 Å². The summed E-state index contributed by atoms with van der Waals surface area (Å²) in [6.07, 6.45) is 2.10. The molecule has 116 valence electrons. The highest BCUT2D eigenvalue weighted by molar-refractivity contribution is 7.14. The van der Waals surface area contributed by atoms with Gasteiger partial charge in [-0.1, -0.05) is 0 Å². The third-order valence-corrected chi connectivity index (χ3v) is 4.34. The lowest BCUT2D eigenvalue weighted by Crippen LogP contribution is -2.38. The van der Waals surface area contributed by atoms with Gasteiger partial charge in [-0.05, 0) is 26.7 Å². The van der Waals surface area contributed by atoms with E-state index in [4.69, 9.17) is 5.73 Å². The molecule has 1 aliphatic carbocycles. The molecule has 21 heavy (non-hydrogen) atoms. The summed E-state index contributed by atoms with van der Waals surface area (Å²) in [5, 5.41) is 2.70. The van der Waals surface area contributed by atoms with E-state index in [2.05, 4.69) is 4.98 Å². The smallest absolute Gasteiger partial charge is 0.231 e. The fraction of sp³-hybridized carbons (Fsp3) is 0.643. The third kappa shape index (κ3) is 4.25. The maximum absolute atomic E-state index is 11.7. The van der Waals surface area contributed by atoms with Crippen molar-refractivity contribution in [3.63, 3.8) is 0 Å². The van der Waals surface area contributed by atoms with Gasteiger partial charge in [-0.3, -0.25) is 19.4 Å². The summed E-state index contributed by atoms with van der Waals surface area (Å²) >= 11 is 1.48. The van der Waals surface area contributed by atoms with E-state index in [0.29, 0.717) is 12.6 Å². The van der Waals surface area contributed by atoms with Gasteiger partial charge >= 0.3 is 0 Å². The quantitative estimate of drug-likeness (QED) is 0.824. The first-order chi connectivity index (χ1) is 9.88. The van der Waals surface area contributed by atoms with Gasteiger partial charge in [0, 0.05) is 30.9 Å². The first-order valence-corrected chi connectivity index (χ1v) is 8.03. The van der Waals surface area contributed by atoms with Crippen LogP contribution in [0.5, 0.6) is 0 Å². The van der Waals surface area contributed by atoms with Crippen molar-refractivity contribution in [2.75, 3.05) is 11.4 Å². The zero-order valence-corrected chi connectivity index (χ0v) is 13.5. The number of carbonyl (C=O) groups is 2. The van der Waals surface area contributed by atoms with Crippen molar-refractivity contribution in [1.82, 2.24) is 9.88 Å². The number of primary amides is 1. The van der Waals surface area contributed by atoms with Crippen LogP contribution in [0.1, 0.15) is 39.3 Å². The van der Waals surface area contributed by atoms with E-state index in [-0.39, 0.29) is 24.4 Å². The number of hydrogen-bond acceptors (Lipinski definition) is 5. The van der Waals surface area contributed by atoms with Crippen LogP contribution in [-0.4, -0.2) is 40.3 Å². The second-order valence-electron chi connectivity index (χ2n) is 5.71. The Balaban J connectivity index is 2.07. The molecule has 7 heteroatoms. The van der Waals surface area contributed by atoms with E-state index in [1.807, 2.05) is 24.1 Å². The fourth-order valence-corrected chi connectivity index (χ4v) is 3.12. The van der Waals surface area contributed by atoms with E-state index in [1.165, 1.54) is 11.3 Å². The normalized spacial score (nSPS) is 14.7. The molecule has 0 aliphatic heterocycles. The van der Waals surface area contributed by atoms with Crippen molar-refractivity contribution in [2.45, 2.75) is 52.2 Å². The Morgan fingerprint density at radius 3 is 2.62 bits per heavy atom. The van der Waals surface area contributed by atoms with E-state index in [9.17, 15) is 9.59 Å². The molecule has 1 heterocycles. The van der Waals surface area contributed by atoms with Gasteiger partial charge in [-0.15, -0.1) is 11.3 Å². The fourth-order valence-electron chi connectivity index (χ4n) is 2.19. The van der Waals surface area contributed by atoms with E-state index >= 15 is 0 Å². The molecule has 1 aliphatic rings. The molecular formula is C14H22N4O2S. The van der Waals surface area contributed by atoms with Crippen molar-refractivity contribution in [3.05, 3.63) is 11.1 Å². The lowest BCUT2D eigenvalue weighted by atomic mass is 10.3. The number of amides is 2. The highest BCUT2D eigenvalue weighted by atomic mass is 32.1. The number of aromatic nitrogens is 1. The van der Waals surface area contributed by atoms with Crippen LogP contribution in [0.2, 0.25) is 0 Å². The monoisotopic (exact) mass is 310 g/mol. The average molecular weight is 310 g/mol. The average Bonchev–Trinajstić information content (AvgIpc) is 3.08. The van der Waals surface area contributed by atoms with Gasteiger partial charge in [0.05, 0.1) is 12.2 Å². The van der Waals surface area contributed by atoms with Crippen LogP contribution in [0.25, 0.3) is 0 Å². The highest BCUT2D eigenvalue weighted by Crippen LogP contribution is 2.33. The third-order valence-electron chi connectivity index (χ3n) is 3.45. The predicted molar refractivity (Wildman–Crippen MR) is 83.0 cm³/mol. The van der Waals surface area contributed by atoms with Gasteiger partial charge in [0.15, 0.2) is 5.13 Å².